The minimum Gasteiger partial charge on any atom is -0.317 e. The molecule has 0 aromatic carbocycles. The molecule has 0 spiro atoms. The monoisotopic (exact) mass is 265 g/mol. The van der Waals surface area contributed by atoms with Crippen LogP contribution in [0.5, 0.6) is 0 Å². The molecule has 3 aliphatic rings. The molecular weight excluding hydrogens is 234 g/mol. The van der Waals surface area contributed by atoms with Crippen molar-refractivity contribution in [1.82, 2.24) is 15.1 Å². The first-order valence-corrected chi connectivity index (χ1v) is 8.21. The Morgan fingerprint density at radius 1 is 1.11 bits per heavy atom. The number of piperidine rings is 2. The van der Waals surface area contributed by atoms with E-state index in [4.69, 9.17) is 0 Å². The predicted molar refractivity (Wildman–Crippen MR) is 80.4 cm³/mol. The molecule has 0 amide bonds. The van der Waals surface area contributed by atoms with Crippen LogP contribution in [-0.2, 0) is 0 Å². The van der Waals surface area contributed by atoms with Crippen molar-refractivity contribution in [2.75, 3.05) is 33.7 Å². The van der Waals surface area contributed by atoms with Gasteiger partial charge in [0.1, 0.15) is 0 Å². The molecule has 2 atom stereocenters. The number of nitrogens with zero attached hydrogens (tertiary/aromatic N) is 2. The van der Waals surface area contributed by atoms with Crippen molar-refractivity contribution in [2.24, 2.45) is 5.41 Å². The van der Waals surface area contributed by atoms with Crippen LogP contribution in [0.4, 0.5) is 0 Å². The highest BCUT2D eigenvalue weighted by atomic mass is 15.2. The van der Waals surface area contributed by atoms with Crippen LogP contribution >= 0.6 is 0 Å². The van der Waals surface area contributed by atoms with E-state index in [1.165, 1.54) is 58.2 Å². The molecule has 0 aromatic heterocycles. The standard InChI is InChI=1S/C16H31N3/c1-16(6-8-18(3)9-7-16)12-19-14-4-5-15(19)11-13(10-14)17-2/h13-15,17H,4-12H2,1-3H3. The summed E-state index contributed by atoms with van der Waals surface area (Å²) in [6.45, 7) is 6.47. The summed E-state index contributed by atoms with van der Waals surface area (Å²) in [5.74, 6) is 0. The van der Waals surface area contributed by atoms with Gasteiger partial charge < -0.3 is 10.2 Å². The van der Waals surface area contributed by atoms with Gasteiger partial charge in [-0.1, -0.05) is 6.92 Å². The fourth-order valence-corrected chi connectivity index (χ4v) is 4.53. The van der Waals surface area contributed by atoms with E-state index in [0.29, 0.717) is 5.41 Å². The molecule has 0 aliphatic carbocycles. The minimum absolute atomic E-state index is 0.569. The molecular formula is C16H31N3. The highest BCUT2D eigenvalue weighted by Gasteiger charge is 2.43. The van der Waals surface area contributed by atoms with Gasteiger partial charge in [0, 0.05) is 24.7 Å². The van der Waals surface area contributed by atoms with Crippen molar-refractivity contribution in [3.05, 3.63) is 0 Å². The van der Waals surface area contributed by atoms with E-state index < -0.39 is 0 Å². The smallest absolute Gasteiger partial charge is 0.0114 e. The van der Waals surface area contributed by atoms with E-state index in [9.17, 15) is 0 Å². The molecule has 0 aromatic rings. The van der Waals surface area contributed by atoms with E-state index in [0.717, 1.165) is 18.1 Å². The topological polar surface area (TPSA) is 18.5 Å². The van der Waals surface area contributed by atoms with E-state index in [1.807, 2.05) is 0 Å². The van der Waals surface area contributed by atoms with Gasteiger partial charge in [0.2, 0.25) is 0 Å². The first kappa shape index (κ1) is 13.8. The third-order valence-electron chi connectivity index (χ3n) is 6.05. The maximum Gasteiger partial charge on any atom is 0.0114 e. The zero-order valence-corrected chi connectivity index (χ0v) is 13.0. The van der Waals surface area contributed by atoms with Crippen molar-refractivity contribution < 1.29 is 0 Å². The van der Waals surface area contributed by atoms with Gasteiger partial charge >= 0.3 is 0 Å². The zero-order valence-electron chi connectivity index (χ0n) is 13.0. The molecule has 3 nitrogen and oxygen atoms in total. The molecule has 3 aliphatic heterocycles. The Bertz CT molecular complexity index is 295. The maximum atomic E-state index is 3.51. The summed E-state index contributed by atoms with van der Waals surface area (Å²) in [5.41, 5.74) is 0.569. The fraction of sp³-hybridized carbons (Fsp3) is 1.00. The van der Waals surface area contributed by atoms with Gasteiger partial charge in [-0.2, -0.15) is 0 Å². The quantitative estimate of drug-likeness (QED) is 0.841. The molecule has 3 heterocycles. The summed E-state index contributed by atoms with van der Waals surface area (Å²) in [7, 11) is 4.40. The van der Waals surface area contributed by atoms with Crippen LogP contribution in [0, 0.1) is 5.41 Å². The van der Waals surface area contributed by atoms with Gasteiger partial charge in [0.05, 0.1) is 0 Å². The van der Waals surface area contributed by atoms with E-state index in [-0.39, 0.29) is 0 Å². The van der Waals surface area contributed by atoms with Crippen LogP contribution in [-0.4, -0.2) is 61.7 Å². The third-order valence-corrected chi connectivity index (χ3v) is 6.05. The van der Waals surface area contributed by atoms with Crippen molar-refractivity contribution in [1.29, 1.82) is 0 Å². The molecule has 2 unspecified atom stereocenters. The molecule has 3 fully saturated rings. The third kappa shape index (κ3) is 2.84. The molecule has 19 heavy (non-hydrogen) atoms. The number of likely N-dealkylation sites (tertiary alicyclic amines) is 1. The lowest BCUT2D eigenvalue weighted by Crippen LogP contribution is -2.53. The van der Waals surface area contributed by atoms with E-state index in [1.54, 1.807) is 0 Å². The lowest BCUT2D eigenvalue weighted by atomic mass is 9.79. The van der Waals surface area contributed by atoms with Crippen molar-refractivity contribution in [3.8, 4) is 0 Å². The van der Waals surface area contributed by atoms with Crippen LogP contribution < -0.4 is 5.32 Å². The molecule has 0 saturated carbocycles. The Kier molecular flexibility index (Phi) is 3.89. The Morgan fingerprint density at radius 3 is 2.21 bits per heavy atom. The van der Waals surface area contributed by atoms with Gasteiger partial charge in [-0.25, -0.2) is 0 Å². The van der Waals surface area contributed by atoms with Crippen LogP contribution in [0.2, 0.25) is 0 Å². The number of nitrogens with one attached hydrogen (secondary N) is 1. The Morgan fingerprint density at radius 2 is 1.68 bits per heavy atom. The molecule has 3 heteroatoms. The highest BCUT2D eigenvalue weighted by molar-refractivity contribution is 4.99. The first-order chi connectivity index (χ1) is 9.09. The SMILES string of the molecule is CNC1CC2CCC(C1)N2CC1(C)CCN(C)CC1. The summed E-state index contributed by atoms with van der Waals surface area (Å²) in [5, 5.41) is 3.51. The highest BCUT2D eigenvalue weighted by Crippen LogP contribution is 2.40. The number of rotatable bonds is 3. The summed E-state index contributed by atoms with van der Waals surface area (Å²) in [6.07, 6.45) is 8.41. The molecule has 1 N–H and O–H groups in total. The van der Waals surface area contributed by atoms with Crippen LogP contribution in [0.25, 0.3) is 0 Å². The van der Waals surface area contributed by atoms with Gasteiger partial charge in [0.15, 0.2) is 0 Å². The summed E-state index contributed by atoms with van der Waals surface area (Å²) in [6, 6.07) is 2.51. The summed E-state index contributed by atoms with van der Waals surface area (Å²) >= 11 is 0. The number of hydrogen-bond donors (Lipinski definition) is 1. The van der Waals surface area contributed by atoms with Crippen LogP contribution in [0.3, 0.4) is 0 Å². The van der Waals surface area contributed by atoms with E-state index in [2.05, 4.69) is 36.1 Å². The van der Waals surface area contributed by atoms with Gasteiger partial charge in [-0.3, -0.25) is 4.90 Å². The molecule has 2 bridgehead atoms. The van der Waals surface area contributed by atoms with Crippen LogP contribution in [0.15, 0.2) is 0 Å². The first-order valence-electron chi connectivity index (χ1n) is 8.21. The Balaban J connectivity index is 1.61. The minimum atomic E-state index is 0.569. The summed E-state index contributed by atoms with van der Waals surface area (Å²) in [4.78, 5) is 5.38. The average molecular weight is 265 g/mol. The lowest BCUT2D eigenvalue weighted by molar-refractivity contribution is 0.0363. The van der Waals surface area contributed by atoms with Crippen molar-refractivity contribution >= 4 is 0 Å². The second-order valence-corrected chi connectivity index (χ2v) is 7.63. The molecule has 3 rings (SSSR count). The van der Waals surface area contributed by atoms with Gasteiger partial charge in [-0.15, -0.1) is 0 Å². The number of hydrogen-bond acceptors (Lipinski definition) is 3. The molecule has 3 saturated heterocycles. The van der Waals surface area contributed by atoms with Crippen LogP contribution in [0.1, 0.15) is 45.4 Å². The lowest BCUT2D eigenvalue weighted by Gasteiger charge is -2.46. The Hall–Kier alpha value is -0.120. The normalized spacial score (nSPS) is 39.6. The molecule has 0 radical (unpaired) electrons. The second kappa shape index (κ2) is 5.34. The fourth-order valence-electron chi connectivity index (χ4n) is 4.53. The zero-order chi connectivity index (χ0) is 13.5. The Labute approximate surface area is 118 Å². The van der Waals surface area contributed by atoms with Crippen molar-refractivity contribution in [3.63, 3.8) is 0 Å². The largest absolute Gasteiger partial charge is 0.317 e. The summed E-state index contributed by atoms with van der Waals surface area (Å²) < 4.78 is 0. The maximum absolute atomic E-state index is 3.51. The molecule has 110 valence electrons. The average Bonchev–Trinajstić information content (AvgIpc) is 2.65. The van der Waals surface area contributed by atoms with Gasteiger partial charge in [0.25, 0.3) is 0 Å². The van der Waals surface area contributed by atoms with Crippen molar-refractivity contribution in [2.45, 2.75) is 63.6 Å². The second-order valence-electron chi connectivity index (χ2n) is 7.63. The predicted octanol–water partition coefficient (Wildman–Crippen LogP) is 1.93. The number of fused-ring (bicyclic) bond motifs is 2. The van der Waals surface area contributed by atoms with E-state index >= 15 is 0 Å². The van der Waals surface area contributed by atoms with Gasteiger partial charge in [-0.05, 0) is 71.1 Å².